The van der Waals surface area contributed by atoms with Crippen molar-refractivity contribution < 1.29 is 4.21 Å². The Morgan fingerprint density at radius 2 is 2.05 bits per heavy atom. The lowest BCUT2D eigenvalue weighted by atomic mass is 9.93. The number of H-pyrrole nitrogens is 1. The smallest absolute Gasteiger partial charge is 0.273 e. The molecule has 0 aliphatic carbocycles. The number of nitrogens with one attached hydrogen (secondary N) is 1. The minimum Gasteiger partial charge on any atom is -0.273 e. The first-order valence-corrected chi connectivity index (χ1v) is 8.21. The summed E-state index contributed by atoms with van der Waals surface area (Å²) in [5.41, 5.74) is 0.599. The van der Waals surface area contributed by atoms with Gasteiger partial charge in [-0.05, 0) is 6.92 Å². The predicted octanol–water partition coefficient (Wildman–Crippen LogP) is 1.22. The third kappa shape index (κ3) is 2.85. The maximum absolute atomic E-state index is 12.2. The van der Waals surface area contributed by atoms with Crippen LogP contribution in [0.1, 0.15) is 40.3 Å². The summed E-state index contributed by atoms with van der Waals surface area (Å²) in [6.45, 7) is 10.3. The molecule has 0 spiro atoms. The molecule has 0 bridgehead atoms. The summed E-state index contributed by atoms with van der Waals surface area (Å²) in [5.74, 6) is 0.958. The van der Waals surface area contributed by atoms with Crippen molar-refractivity contribution in [2.45, 2.75) is 40.0 Å². The van der Waals surface area contributed by atoms with Gasteiger partial charge in [0.2, 0.25) is 5.65 Å². The number of rotatable bonds is 4. The Morgan fingerprint density at radius 3 is 2.57 bits per heavy atom. The molecular formula is C13H21N5O2S. The normalized spacial score (nSPS) is 13.6. The van der Waals surface area contributed by atoms with Crippen LogP contribution >= 0.6 is 0 Å². The second kappa shape index (κ2) is 5.59. The molecule has 116 valence electrons. The number of aromatic amines is 1. The molecule has 2 aromatic rings. The number of fused-ring (bicyclic) bond motifs is 1. The third-order valence-corrected chi connectivity index (χ3v) is 4.58. The fourth-order valence-electron chi connectivity index (χ4n) is 1.97. The molecule has 0 aliphatic heterocycles. The second-order valence-corrected chi connectivity index (χ2v) is 7.39. The molecule has 21 heavy (non-hydrogen) atoms. The zero-order valence-corrected chi connectivity index (χ0v) is 13.8. The standard InChI is InChI=1S/C13H21N5O2S/c1-6-18(21(20)7-2)10-11-15-16-12(19)17(11)8-9(14-10)13(3,4)5/h8H,6-7H2,1-5H3,(H,16,19). The van der Waals surface area contributed by atoms with Crippen LogP contribution in [-0.2, 0) is 16.4 Å². The van der Waals surface area contributed by atoms with Crippen LogP contribution in [0.2, 0.25) is 0 Å². The van der Waals surface area contributed by atoms with Crippen LogP contribution in [0.3, 0.4) is 0 Å². The molecule has 0 aliphatic rings. The molecule has 0 aromatic carbocycles. The van der Waals surface area contributed by atoms with E-state index in [1.165, 1.54) is 4.40 Å². The van der Waals surface area contributed by atoms with E-state index in [2.05, 4.69) is 15.2 Å². The molecule has 8 heteroatoms. The van der Waals surface area contributed by atoms with Crippen LogP contribution in [0.25, 0.3) is 5.65 Å². The Morgan fingerprint density at radius 1 is 1.38 bits per heavy atom. The predicted molar refractivity (Wildman–Crippen MR) is 84.0 cm³/mol. The molecular weight excluding hydrogens is 290 g/mol. The molecule has 2 heterocycles. The SMILES string of the molecule is CCN(c1nc(C(C)(C)C)cn2c(=O)[nH]nc12)S(=O)CC. The van der Waals surface area contributed by atoms with E-state index in [1.54, 1.807) is 10.5 Å². The zero-order chi connectivity index (χ0) is 15.8. The average Bonchev–Trinajstić information content (AvgIpc) is 2.80. The number of hydrogen-bond donors (Lipinski definition) is 1. The summed E-state index contributed by atoms with van der Waals surface area (Å²) < 4.78 is 15.3. The van der Waals surface area contributed by atoms with Crippen LogP contribution in [0.5, 0.6) is 0 Å². The van der Waals surface area contributed by atoms with Gasteiger partial charge in [0.25, 0.3) is 0 Å². The van der Waals surface area contributed by atoms with E-state index in [0.717, 1.165) is 5.69 Å². The molecule has 1 atom stereocenters. The van der Waals surface area contributed by atoms with Crippen molar-refractivity contribution in [1.29, 1.82) is 0 Å². The minimum absolute atomic E-state index is 0.229. The Bertz CT molecular complexity index is 728. The number of hydrogen-bond acceptors (Lipinski definition) is 4. The molecule has 0 fully saturated rings. The monoisotopic (exact) mass is 311 g/mol. The lowest BCUT2D eigenvalue weighted by Crippen LogP contribution is -2.30. The Balaban J connectivity index is 2.77. The number of nitrogens with zero attached hydrogens (tertiary/aromatic N) is 4. The van der Waals surface area contributed by atoms with Crippen molar-refractivity contribution >= 4 is 22.5 Å². The summed E-state index contributed by atoms with van der Waals surface area (Å²) in [7, 11) is -1.20. The highest BCUT2D eigenvalue weighted by Gasteiger charge is 2.24. The Hall–Kier alpha value is -1.70. The van der Waals surface area contributed by atoms with Gasteiger partial charge in [0.1, 0.15) is 11.0 Å². The lowest BCUT2D eigenvalue weighted by Gasteiger charge is -2.24. The second-order valence-electron chi connectivity index (χ2n) is 5.73. The molecule has 0 saturated carbocycles. The van der Waals surface area contributed by atoms with Crippen molar-refractivity contribution in [3.05, 3.63) is 22.4 Å². The third-order valence-electron chi connectivity index (χ3n) is 3.17. The van der Waals surface area contributed by atoms with Gasteiger partial charge in [0.15, 0.2) is 5.82 Å². The summed E-state index contributed by atoms with van der Waals surface area (Å²) in [4.78, 5) is 16.5. The van der Waals surface area contributed by atoms with Crippen LogP contribution in [0.4, 0.5) is 5.82 Å². The fraction of sp³-hybridized carbons (Fsp3) is 0.615. The van der Waals surface area contributed by atoms with E-state index in [0.29, 0.717) is 23.8 Å². The largest absolute Gasteiger partial charge is 0.347 e. The van der Waals surface area contributed by atoms with E-state index in [1.807, 2.05) is 34.6 Å². The first-order chi connectivity index (χ1) is 9.79. The van der Waals surface area contributed by atoms with Crippen LogP contribution in [0.15, 0.2) is 11.0 Å². The van der Waals surface area contributed by atoms with Crippen LogP contribution in [-0.4, -0.2) is 36.1 Å². The van der Waals surface area contributed by atoms with Gasteiger partial charge in [-0.3, -0.25) is 4.31 Å². The Kier molecular flexibility index (Phi) is 4.18. The van der Waals surface area contributed by atoms with E-state index in [-0.39, 0.29) is 11.1 Å². The maximum atomic E-state index is 12.2. The van der Waals surface area contributed by atoms with E-state index >= 15 is 0 Å². The van der Waals surface area contributed by atoms with E-state index in [9.17, 15) is 9.00 Å². The number of anilines is 1. The van der Waals surface area contributed by atoms with Gasteiger partial charge in [-0.25, -0.2) is 23.5 Å². The molecule has 1 unspecified atom stereocenters. The van der Waals surface area contributed by atoms with Crippen molar-refractivity contribution in [3.63, 3.8) is 0 Å². The summed E-state index contributed by atoms with van der Waals surface area (Å²) in [5, 5.41) is 6.44. The lowest BCUT2D eigenvalue weighted by molar-refractivity contribution is 0.564. The van der Waals surface area contributed by atoms with Gasteiger partial charge < -0.3 is 0 Å². The fourth-order valence-corrected chi connectivity index (χ4v) is 2.89. The minimum atomic E-state index is -1.20. The first kappa shape index (κ1) is 15.7. The van der Waals surface area contributed by atoms with Gasteiger partial charge in [0, 0.05) is 23.9 Å². The van der Waals surface area contributed by atoms with Gasteiger partial charge in [-0.1, -0.05) is 27.7 Å². The highest BCUT2D eigenvalue weighted by Crippen LogP contribution is 2.25. The van der Waals surface area contributed by atoms with E-state index in [4.69, 9.17) is 0 Å². The zero-order valence-electron chi connectivity index (χ0n) is 13.0. The molecule has 1 N–H and O–H groups in total. The van der Waals surface area contributed by atoms with Crippen molar-refractivity contribution in [2.24, 2.45) is 0 Å². The quantitative estimate of drug-likeness (QED) is 0.920. The van der Waals surface area contributed by atoms with Crippen LogP contribution < -0.4 is 9.99 Å². The average molecular weight is 311 g/mol. The Labute approximate surface area is 126 Å². The topological polar surface area (TPSA) is 83.4 Å². The first-order valence-electron chi connectivity index (χ1n) is 6.93. The highest BCUT2D eigenvalue weighted by atomic mass is 32.2. The maximum Gasteiger partial charge on any atom is 0.347 e. The number of aromatic nitrogens is 4. The molecule has 0 saturated heterocycles. The van der Waals surface area contributed by atoms with Gasteiger partial charge in [-0.2, -0.15) is 0 Å². The molecule has 2 aromatic heterocycles. The molecule has 7 nitrogen and oxygen atoms in total. The molecule has 2 rings (SSSR count). The van der Waals surface area contributed by atoms with Crippen molar-refractivity contribution in [2.75, 3.05) is 16.6 Å². The van der Waals surface area contributed by atoms with Crippen LogP contribution in [0, 0.1) is 0 Å². The van der Waals surface area contributed by atoms with E-state index < -0.39 is 11.0 Å². The summed E-state index contributed by atoms with van der Waals surface area (Å²) >= 11 is 0. The summed E-state index contributed by atoms with van der Waals surface area (Å²) in [6.07, 6.45) is 1.69. The molecule has 0 radical (unpaired) electrons. The van der Waals surface area contributed by atoms with Gasteiger partial charge in [0.05, 0.1) is 5.69 Å². The summed E-state index contributed by atoms with van der Waals surface area (Å²) in [6, 6.07) is 0. The highest BCUT2D eigenvalue weighted by molar-refractivity contribution is 7.86. The van der Waals surface area contributed by atoms with Crippen molar-refractivity contribution in [1.82, 2.24) is 19.6 Å². The van der Waals surface area contributed by atoms with Crippen molar-refractivity contribution in [3.8, 4) is 0 Å². The molecule has 0 amide bonds. The van der Waals surface area contributed by atoms with Gasteiger partial charge >= 0.3 is 5.69 Å². The van der Waals surface area contributed by atoms with Gasteiger partial charge in [-0.15, -0.1) is 5.10 Å².